The Balaban J connectivity index is 2.92. The monoisotopic (exact) mass is 324 g/mol. The average molecular weight is 325 g/mol. The normalized spacial score (nSPS) is 12.7. The maximum Gasteiger partial charge on any atom is 0.418 e. The molecule has 0 saturated heterocycles. The summed E-state index contributed by atoms with van der Waals surface area (Å²) in [6, 6.07) is 1.87. The number of halogens is 5. The number of alkyl halides is 3. The van der Waals surface area contributed by atoms with Crippen molar-refractivity contribution in [3.05, 3.63) is 28.1 Å². The molecular weight excluding hydrogens is 316 g/mol. The first kappa shape index (κ1) is 13.3. The van der Waals surface area contributed by atoms with Gasteiger partial charge in [0.2, 0.25) is 5.95 Å². The van der Waals surface area contributed by atoms with Crippen molar-refractivity contribution in [2.24, 2.45) is 0 Å². The van der Waals surface area contributed by atoms with Gasteiger partial charge in [0.25, 0.3) is 0 Å². The van der Waals surface area contributed by atoms with E-state index in [1.54, 1.807) is 13.8 Å². The maximum atomic E-state index is 13.6. The maximum absolute atomic E-state index is 13.6. The van der Waals surface area contributed by atoms with E-state index in [1.165, 1.54) is 6.07 Å². The summed E-state index contributed by atoms with van der Waals surface area (Å²) in [7, 11) is 0. The van der Waals surface area contributed by atoms with Gasteiger partial charge in [-0.25, -0.2) is 0 Å². The summed E-state index contributed by atoms with van der Waals surface area (Å²) in [5.41, 5.74) is -1.12. The van der Waals surface area contributed by atoms with Crippen LogP contribution >= 0.6 is 15.9 Å². The number of hydrogen-bond acceptors (Lipinski definition) is 1. The molecule has 0 saturated carbocycles. The van der Waals surface area contributed by atoms with Crippen molar-refractivity contribution in [1.29, 1.82) is 0 Å². The van der Waals surface area contributed by atoms with Crippen molar-refractivity contribution in [2.45, 2.75) is 26.1 Å². The zero-order valence-corrected chi connectivity index (χ0v) is 11.1. The highest BCUT2D eigenvalue weighted by molar-refractivity contribution is 9.10. The minimum absolute atomic E-state index is 0.134. The van der Waals surface area contributed by atoms with E-state index in [-0.39, 0.29) is 21.4 Å². The summed E-state index contributed by atoms with van der Waals surface area (Å²) in [5, 5.41) is 3.40. The molecule has 0 aliphatic carbocycles. The lowest BCUT2D eigenvalue weighted by Gasteiger charge is -2.13. The van der Waals surface area contributed by atoms with Crippen molar-refractivity contribution in [2.75, 3.05) is 0 Å². The molecule has 2 rings (SSSR count). The van der Waals surface area contributed by atoms with E-state index in [2.05, 4.69) is 21.0 Å². The molecule has 0 bridgehead atoms. The predicted octanol–water partition coefficient (Wildman–Crippen LogP) is 4.54. The van der Waals surface area contributed by atoms with E-state index >= 15 is 0 Å². The van der Waals surface area contributed by atoms with Crippen molar-refractivity contribution >= 4 is 26.8 Å². The van der Waals surface area contributed by atoms with Crippen LogP contribution in [0.4, 0.5) is 17.6 Å². The second kappa shape index (κ2) is 4.22. The van der Waals surface area contributed by atoms with E-state index in [4.69, 9.17) is 0 Å². The van der Waals surface area contributed by atoms with E-state index in [0.717, 1.165) is 10.7 Å². The number of hydrogen-bond donors (Lipinski definition) is 0. The molecule has 0 aliphatic rings. The predicted molar refractivity (Wildman–Crippen MR) is 62.8 cm³/mol. The van der Waals surface area contributed by atoms with Gasteiger partial charge in [-0.05, 0) is 26.0 Å². The number of nitrogens with zero attached hydrogens (tertiary/aromatic N) is 2. The van der Waals surface area contributed by atoms with E-state index in [9.17, 15) is 17.6 Å². The zero-order chi connectivity index (χ0) is 13.7. The molecule has 0 aliphatic heterocycles. The Morgan fingerprint density at radius 1 is 1.28 bits per heavy atom. The van der Waals surface area contributed by atoms with Crippen LogP contribution in [-0.4, -0.2) is 9.78 Å². The van der Waals surface area contributed by atoms with Crippen LogP contribution in [0.1, 0.15) is 25.5 Å². The van der Waals surface area contributed by atoms with Crippen LogP contribution in [0.15, 0.2) is 16.6 Å². The Morgan fingerprint density at radius 3 is 2.39 bits per heavy atom. The highest BCUT2D eigenvalue weighted by atomic mass is 79.9. The zero-order valence-electron chi connectivity index (χ0n) is 9.52. The average Bonchev–Trinajstić information content (AvgIpc) is 2.54. The molecule has 2 aromatic rings. The van der Waals surface area contributed by atoms with Gasteiger partial charge in [0, 0.05) is 10.5 Å². The fourth-order valence-corrected chi connectivity index (χ4v) is 2.25. The van der Waals surface area contributed by atoms with Gasteiger partial charge in [-0.3, -0.25) is 4.68 Å². The van der Waals surface area contributed by atoms with Gasteiger partial charge in [0.15, 0.2) is 0 Å². The lowest BCUT2D eigenvalue weighted by Crippen LogP contribution is -2.11. The molecule has 1 aromatic carbocycles. The lowest BCUT2D eigenvalue weighted by molar-refractivity contribution is -0.136. The molecule has 0 fully saturated rings. The topological polar surface area (TPSA) is 17.8 Å². The third-order valence-corrected chi connectivity index (χ3v) is 2.97. The molecule has 0 radical (unpaired) electrons. The SMILES string of the molecule is CC(C)n1nc(F)c2cc(Br)cc(C(F)(F)F)c21. The first-order chi connectivity index (χ1) is 8.21. The van der Waals surface area contributed by atoms with Crippen molar-refractivity contribution < 1.29 is 17.6 Å². The van der Waals surface area contributed by atoms with Gasteiger partial charge in [0.05, 0.1) is 16.5 Å². The molecule has 1 aromatic heterocycles. The van der Waals surface area contributed by atoms with Gasteiger partial charge in [-0.1, -0.05) is 15.9 Å². The molecule has 0 spiro atoms. The Bertz CT molecular complexity index is 601. The van der Waals surface area contributed by atoms with Crippen LogP contribution in [0.25, 0.3) is 10.9 Å². The van der Waals surface area contributed by atoms with E-state index in [0.29, 0.717) is 0 Å². The van der Waals surface area contributed by atoms with Crippen LogP contribution in [0.3, 0.4) is 0 Å². The molecule has 0 amide bonds. The Morgan fingerprint density at radius 2 is 1.89 bits per heavy atom. The first-order valence-electron chi connectivity index (χ1n) is 5.16. The van der Waals surface area contributed by atoms with Gasteiger partial charge in [-0.2, -0.15) is 17.6 Å². The number of aromatic nitrogens is 2. The number of benzene rings is 1. The second-order valence-corrected chi connectivity index (χ2v) is 5.09. The minimum atomic E-state index is -4.55. The lowest BCUT2D eigenvalue weighted by atomic mass is 10.1. The van der Waals surface area contributed by atoms with Gasteiger partial charge in [0.1, 0.15) is 0 Å². The molecule has 18 heavy (non-hydrogen) atoms. The van der Waals surface area contributed by atoms with Crippen LogP contribution in [0, 0.1) is 5.95 Å². The second-order valence-electron chi connectivity index (χ2n) is 4.18. The highest BCUT2D eigenvalue weighted by Gasteiger charge is 2.35. The summed E-state index contributed by atoms with van der Waals surface area (Å²) >= 11 is 2.95. The van der Waals surface area contributed by atoms with Crippen molar-refractivity contribution in [3.8, 4) is 0 Å². The van der Waals surface area contributed by atoms with Crippen molar-refractivity contribution in [1.82, 2.24) is 9.78 Å². The summed E-state index contributed by atoms with van der Waals surface area (Å²) in [5.74, 6) is -0.898. The third-order valence-electron chi connectivity index (χ3n) is 2.52. The molecule has 2 nitrogen and oxygen atoms in total. The molecule has 98 valence electrons. The number of fused-ring (bicyclic) bond motifs is 1. The van der Waals surface area contributed by atoms with Crippen LogP contribution < -0.4 is 0 Å². The van der Waals surface area contributed by atoms with Crippen LogP contribution in [0.2, 0.25) is 0 Å². The molecule has 1 heterocycles. The summed E-state index contributed by atoms with van der Waals surface area (Å²) in [6.07, 6.45) is -4.55. The minimum Gasteiger partial charge on any atom is -0.259 e. The van der Waals surface area contributed by atoms with Crippen molar-refractivity contribution in [3.63, 3.8) is 0 Å². The van der Waals surface area contributed by atoms with Gasteiger partial charge < -0.3 is 0 Å². The standard InChI is InChI=1S/C11H9BrF4N2/c1-5(2)18-9-7(10(13)17-18)3-6(12)4-8(9)11(14,15)16/h3-5H,1-2H3. The fourth-order valence-electron chi connectivity index (χ4n) is 1.79. The Kier molecular flexibility index (Phi) is 3.12. The highest BCUT2D eigenvalue weighted by Crippen LogP contribution is 2.38. The fraction of sp³-hybridized carbons (Fsp3) is 0.364. The summed E-state index contributed by atoms with van der Waals surface area (Å²) in [6.45, 7) is 3.29. The summed E-state index contributed by atoms with van der Waals surface area (Å²) in [4.78, 5) is 0. The first-order valence-corrected chi connectivity index (χ1v) is 5.95. The van der Waals surface area contributed by atoms with Gasteiger partial charge in [-0.15, -0.1) is 5.10 Å². The molecule has 0 atom stereocenters. The largest absolute Gasteiger partial charge is 0.418 e. The molecule has 0 unspecified atom stereocenters. The van der Waals surface area contributed by atoms with E-state index < -0.39 is 17.7 Å². The van der Waals surface area contributed by atoms with E-state index in [1.807, 2.05) is 0 Å². The van der Waals surface area contributed by atoms with Crippen LogP contribution in [-0.2, 0) is 6.18 Å². The number of rotatable bonds is 1. The smallest absolute Gasteiger partial charge is 0.259 e. The Labute approximate surface area is 109 Å². The molecular formula is C11H9BrF4N2. The van der Waals surface area contributed by atoms with Gasteiger partial charge >= 0.3 is 6.18 Å². The third kappa shape index (κ3) is 2.11. The Hall–Kier alpha value is -1.11. The molecule has 7 heteroatoms. The quantitative estimate of drug-likeness (QED) is 0.704. The van der Waals surface area contributed by atoms with Crippen LogP contribution in [0.5, 0.6) is 0 Å². The summed E-state index contributed by atoms with van der Waals surface area (Å²) < 4.78 is 53.7. The molecule has 0 N–H and O–H groups in total.